The SMILES string of the molecule is NC(=O)C1(c2cnc3[nH]ncc3c2)CCCC1c1cccnc1. The smallest absolute Gasteiger partial charge is 0.228 e. The summed E-state index contributed by atoms with van der Waals surface area (Å²) in [4.78, 5) is 21.1. The topological polar surface area (TPSA) is 97.6 Å². The molecule has 6 heteroatoms. The molecule has 3 heterocycles. The number of hydrogen-bond acceptors (Lipinski definition) is 4. The number of carbonyl (C=O) groups excluding carboxylic acids is 1. The van der Waals surface area contributed by atoms with Crippen LogP contribution in [0.4, 0.5) is 0 Å². The van der Waals surface area contributed by atoms with Crippen LogP contribution in [0.3, 0.4) is 0 Å². The fourth-order valence-electron chi connectivity index (χ4n) is 3.90. The van der Waals surface area contributed by atoms with Crippen LogP contribution in [0.15, 0.2) is 43.0 Å². The summed E-state index contributed by atoms with van der Waals surface area (Å²) in [5.41, 5.74) is 7.80. The molecule has 0 saturated heterocycles. The Hall–Kier alpha value is -2.76. The number of aromatic nitrogens is 4. The third-order valence-electron chi connectivity index (χ3n) is 4.99. The molecule has 2 unspecified atom stereocenters. The number of pyridine rings is 2. The quantitative estimate of drug-likeness (QED) is 0.773. The lowest BCUT2D eigenvalue weighted by Gasteiger charge is -2.33. The molecule has 0 radical (unpaired) electrons. The first-order chi connectivity index (χ1) is 11.2. The summed E-state index contributed by atoms with van der Waals surface area (Å²) < 4.78 is 0. The molecule has 1 aliphatic rings. The first kappa shape index (κ1) is 13.9. The second kappa shape index (κ2) is 5.15. The molecule has 116 valence electrons. The van der Waals surface area contributed by atoms with Crippen molar-refractivity contribution < 1.29 is 4.79 Å². The second-order valence-electron chi connectivity index (χ2n) is 6.10. The van der Waals surface area contributed by atoms with Gasteiger partial charge in [-0.1, -0.05) is 12.5 Å². The van der Waals surface area contributed by atoms with E-state index in [2.05, 4.69) is 20.2 Å². The summed E-state index contributed by atoms with van der Waals surface area (Å²) >= 11 is 0. The molecular formula is C17H17N5O. The molecule has 1 aliphatic carbocycles. The minimum Gasteiger partial charge on any atom is -0.369 e. The summed E-state index contributed by atoms with van der Waals surface area (Å²) in [5.74, 6) is -0.270. The van der Waals surface area contributed by atoms with E-state index < -0.39 is 5.41 Å². The third-order valence-corrected chi connectivity index (χ3v) is 4.99. The third kappa shape index (κ3) is 2.02. The number of fused-ring (bicyclic) bond motifs is 1. The van der Waals surface area contributed by atoms with Gasteiger partial charge in [0.25, 0.3) is 0 Å². The van der Waals surface area contributed by atoms with Gasteiger partial charge in [0.15, 0.2) is 5.65 Å². The molecule has 0 bridgehead atoms. The molecule has 0 aliphatic heterocycles. The number of nitrogens with one attached hydrogen (secondary N) is 1. The van der Waals surface area contributed by atoms with Gasteiger partial charge in [-0.15, -0.1) is 0 Å². The van der Waals surface area contributed by atoms with Crippen LogP contribution >= 0.6 is 0 Å². The van der Waals surface area contributed by atoms with Gasteiger partial charge in [0.05, 0.1) is 11.6 Å². The highest BCUT2D eigenvalue weighted by Gasteiger charge is 2.50. The van der Waals surface area contributed by atoms with Crippen LogP contribution < -0.4 is 5.73 Å². The lowest BCUT2D eigenvalue weighted by Crippen LogP contribution is -2.43. The molecule has 2 atom stereocenters. The Labute approximate surface area is 133 Å². The Balaban J connectivity index is 1.89. The van der Waals surface area contributed by atoms with Crippen molar-refractivity contribution >= 4 is 16.9 Å². The number of aromatic amines is 1. The van der Waals surface area contributed by atoms with E-state index in [4.69, 9.17) is 5.73 Å². The largest absolute Gasteiger partial charge is 0.369 e. The highest BCUT2D eigenvalue weighted by Crippen LogP contribution is 2.51. The number of primary amides is 1. The standard InChI is InChI=1S/C17H17N5O/c18-16(23)17(13-7-12-9-21-22-15(12)20-10-13)5-1-4-14(17)11-3-2-6-19-8-11/h2-3,6-10,14H,1,4-5H2,(H2,18,23)(H,20,21,22). The van der Waals surface area contributed by atoms with Crippen LogP contribution in [0.2, 0.25) is 0 Å². The number of amides is 1. The van der Waals surface area contributed by atoms with Gasteiger partial charge >= 0.3 is 0 Å². The van der Waals surface area contributed by atoms with E-state index in [0.29, 0.717) is 5.65 Å². The number of rotatable bonds is 3. The van der Waals surface area contributed by atoms with Crippen molar-refractivity contribution in [2.24, 2.45) is 5.73 Å². The predicted octanol–water partition coefficient (Wildman–Crippen LogP) is 2.04. The molecule has 6 nitrogen and oxygen atoms in total. The normalized spacial score (nSPS) is 24.1. The maximum atomic E-state index is 12.5. The maximum Gasteiger partial charge on any atom is 0.228 e. The van der Waals surface area contributed by atoms with Crippen molar-refractivity contribution in [2.75, 3.05) is 0 Å². The van der Waals surface area contributed by atoms with Crippen LogP contribution in [0, 0.1) is 0 Å². The summed E-state index contributed by atoms with van der Waals surface area (Å²) in [6.07, 6.45) is 9.63. The Bertz CT molecular complexity index is 860. The molecule has 1 amide bonds. The highest BCUT2D eigenvalue weighted by atomic mass is 16.1. The number of nitrogens with two attached hydrogens (primary N) is 1. The van der Waals surface area contributed by atoms with Crippen LogP contribution in [-0.4, -0.2) is 26.1 Å². The highest BCUT2D eigenvalue weighted by molar-refractivity contribution is 5.90. The molecule has 0 spiro atoms. The number of hydrogen-bond donors (Lipinski definition) is 2. The summed E-state index contributed by atoms with van der Waals surface area (Å²) in [6.45, 7) is 0. The van der Waals surface area contributed by atoms with Gasteiger partial charge in [-0.3, -0.25) is 14.9 Å². The van der Waals surface area contributed by atoms with E-state index in [0.717, 1.165) is 35.8 Å². The number of nitrogens with zero attached hydrogens (tertiary/aromatic N) is 3. The lowest BCUT2D eigenvalue weighted by atomic mass is 9.69. The fourth-order valence-corrected chi connectivity index (χ4v) is 3.90. The molecule has 0 aromatic carbocycles. The molecule has 1 saturated carbocycles. The van der Waals surface area contributed by atoms with Crippen LogP contribution in [0.25, 0.3) is 11.0 Å². The van der Waals surface area contributed by atoms with E-state index in [1.165, 1.54) is 0 Å². The van der Waals surface area contributed by atoms with Gasteiger partial charge in [-0.25, -0.2) is 4.98 Å². The van der Waals surface area contributed by atoms with Crippen molar-refractivity contribution in [2.45, 2.75) is 30.6 Å². The molecule has 1 fully saturated rings. The second-order valence-corrected chi connectivity index (χ2v) is 6.10. The van der Waals surface area contributed by atoms with Crippen LogP contribution in [0.1, 0.15) is 36.3 Å². The summed E-state index contributed by atoms with van der Waals surface area (Å²) in [7, 11) is 0. The minimum atomic E-state index is -0.735. The Morgan fingerprint density at radius 3 is 3.04 bits per heavy atom. The summed E-state index contributed by atoms with van der Waals surface area (Å²) in [5, 5.41) is 7.72. The number of carbonyl (C=O) groups is 1. The molecule has 3 N–H and O–H groups in total. The average molecular weight is 307 g/mol. The van der Waals surface area contributed by atoms with Crippen molar-refractivity contribution in [3.05, 3.63) is 54.1 Å². The molecular weight excluding hydrogens is 290 g/mol. The minimum absolute atomic E-state index is 0.0276. The van der Waals surface area contributed by atoms with Gasteiger partial charge in [0, 0.05) is 29.9 Å². The molecule has 3 aromatic rings. The van der Waals surface area contributed by atoms with Gasteiger partial charge in [0.2, 0.25) is 5.91 Å². The van der Waals surface area contributed by atoms with Crippen LogP contribution in [-0.2, 0) is 10.2 Å². The van der Waals surface area contributed by atoms with E-state index in [9.17, 15) is 4.79 Å². The Kier molecular flexibility index (Phi) is 3.11. The molecule has 3 aromatic heterocycles. The van der Waals surface area contributed by atoms with E-state index in [1.807, 2.05) is 24.4 Å². The fraction of sp³-hybridized carbons (Fsp3) is 0.294. The first-order valence-corrected chi connectivity index (χ1v) is 7.71. The molecule has 4 rings (SSSR count). The van der Waals surface area contributed by atoms with Crippen molar-refractivity contribution in [1.29, 1.82) is 0 Å². The number of H-pyrrole nitrogens is 1. The lowest BCUT2D eigenvalue weighted by molar-refractivity contribution is -0.123. The summed E-state index contributed by atoms with van der Waals surface area (Å²) in [6, 6.07) is 5.90. The van der Waals surface area contributed by atoms with Gasteiger partial charge in [-0.05, 0) is 36.1 Å². The van der Waals surface area contributed by atoms with E-state index >= 15 is 0 Å². The van der Waals surface area contributed by atoms with Crippen molar-refractivity contribution in [3.63, 3.8) is 0 Å². The monoisotopic (exact) mass is 307 g/mol. The zero-order valence-electron chi connectivity index (χ0n) is 12.6. The van der Waals surface area contributed by atoms with Gasteiger partial charge < -0.3 is 5.73 Å². The average Bonchev–Trinajstić information content (AvgIpc) is 3.22. The predicted molar refractivity (Wildman–Crippen MR) is 85.6 cm³/mol. The molecule has 23 heavy (non-hydrogen) atoms. The zero-order chi connectivity index (χ0) is 15.9. The van der Waals surface area contributed by atoms with Gasteiger partial charge in [-0.2, -0.15) is 5.10 Å². The first-order valence-electron chi connectivity index (χ1n) is 7.71. The van der Waals surface area contributed by atoms with Crippen LogP contribution in [0.5, 0.6) is 0 Å². The van der Waals surface area contributed by atoms with E-state index in [-0.39, 0.29) is 11.8 Å². The maximum absolute atomic E-state index is 12.5. The van der Waals surface area contributed by atoms with Crippen molar-refractivity contribution in [3.8, 4) is 0 Å². The Morgan fingerprint density at radius 2 is 2.26 bits per heavy atom. The van der Waals surface area contributed by atoms with E-state index in [1.54, 1.807) is 18.6 Å². The van der Waals surface area contributed by atoms with Crippen molar-refractivity contribution in [1.82, 2.24) is 20.2 Å². The Morgan fingerprint density at radius 1 is 1.35 bits per heavy atom. The van der Waals surface area contributed by atoms with Gasteiger partial charge in [0.1, 0.15) is 0 Å². The zero-order valence-corrected chi connectivity index (χ0v) is 12.6.